The molecule has 4 heterocycles. The van der Waals surface area contributed by atoms with E-state index in [9.17, 15) is 23.6 Å². The topological polar surface area (TPSA) is 102 Å². The fourth-order valence-corrected chi connectivity index (χ4v) is 9.54. The van der Waals surface area contributed by atoms with Gasteiger partial charge in [0.2, 0.25) is 11.8 Å². The fourth-order valence-electron chi connectivity index (χ4n) is 6.80. The summed E-state index contributed by atoms with van der Waals surface area (Å²) in [5.41, 5.74) is 2.78. The molecule has 2 N–H and O–H groups in total. The number of ketones is 2. The Balaban J connectivity index is 0.000000167. The first-order chi connectivity index (χ1) is 25.8. The van der Waals surface area contributed by atoms with Gasteiger partial charge in [0.25, 0.3) is 0 Å². The zero-order valence-electron chi connectivity index (χ0n) is 29.3. The van der Waals surface area contributed by atoms with E-state index >= 15 is 0 Å². The summed E-state index contributed by atoms with van der Waals surface area (Å²) >= 11 is 15.2. The summed E-state index contributed by atoms with van der Waals surface area (Å²) in [4.78, 5) is 52.9. The quantitative estimate of drug-likeness (QED) is 0.169. The lowest BCUT2D eigenvalue weighted by atomic mass is 9.72. The van der Waals surface area contributed by atoms with Crippen LogP contribution in [-0.2, 0) is 20.4 Å². The standard InChI is InChI=1S/C22H18ClNO3S.C20H13ClFNO2S/c1-12-7-4-5-10-15(12)16-17-18(25)22(2,13-8-6-9-14(11-13)27-3)21(26)24-20(17)28-19(16)23;1-20(12-7-3-2-4-8-12)16(24)15-14(11-6-5-9-13(22)10-11)17(21)26-18(15)23-19(20)25/h4-11H,1-3H3,(H,24,26);2-10H,1H3,(H,23,25). The normalized spacial score (nSPS) is 18.9. The highest BCUT2D eigenvalue weighted by atomic mass is 35.5. The summed E-state index contributed by atoms with van der Waals surface area (Å²) in [5, 5.41) is 6.61. The minimum Gasteiger partial charge on any atom is -0.497 e. The third-order valence-electron chi connectivity index (χ3n) is 9.98. The molecule has 2 aliphatic heterocycles. The first-order valence-electron chi connectivity index (χ1n) is 16.7. The first-order valence-corrected chi connectivity index (χ1v) is 19.1. The van der Waals surface area contributed by atoms with E-state index in [4.69, 9.17) is 27.9 Å². The molecule has 7 nitrogen and oxygen atoms in total. The summed E-state index contributed by atoms with van der Waals surface area (Å²) in [6.07, 6.45) is 0. The van der Waals surface area contributed by atoms with Crippen molar-refractivity contribution in [3.8, 4) is 28.0 Å². The number of carbonyl (C=O) groups is 4. The molecule has 0 saturated carbocycles. The van der Waals surface area contributed by atoms with E-state index in [-0.39, 0.29) is 17.5 Å². The van der Waals surface area contributed by atoms with Crippen molar-refractivity contribution in [1.82, 2.24) is 0 Å². The molecule has 0 aliphatic carbocycles. The van der Waals surface area contributed by atoms with E-state index in [1.54, 1.807) is 81.6 Å². The number of halogens is 3. The molecule has 2 aromatic heterocycles. The van der Waals surface area contributed by atoms with Crippen LogP contribution in [0.1, 0.15) is 51.3 Å². The SMILES string of the molecule is CC1(c2ccccc2)C(=O)Nc2sc(Cl)c(-c3cccc(F)c3)c2C1=O.COc1cccc(C2(C)C(=O)Nc3sc(Cl)c(-c4ccccc4C)c3C2=O)c1. The number of fused-ring (bicyclic) bond motifs is 2. The van der Waals surface area contributed by atoms with E-state index < -0.39 is 22.6 Å². The van der Waals surface area contributed by atoms with E-state index in [0.717, 1.165) is 22.5 Å². The molecule has 4 aromatic carbocycles. The Morgan fingerprint density at radius 1 is 0.630 bits per heavy atom. The molecule has 0 spiro atoms. The van der Waals surface area contributed by atoms with Crippen molar-refractivity contribution in [1.29, 1.82) is 0 Å². The lowest BCUT2D eigenvalue weighted by molar-refractivity contribution is -0.120. The van der Waals surface area contributed by atoms with E-state index in [0.29, 0.717) is 63.4 Å². The Labute approximate surface area is 328 Å². The van der Waals surface area contributed by atoms with E-state index in [1.165, 1.54) is 23.5 Å². The first kappa shape index (κ1) is 37.2. The Bertz CT molecular complexity index is 2520. The number of nitrogens with one attached hydrogen (secondary N) is 2. The van der Waals surface area contributed by atoms with Crippen LogP contribution in [-0.4, -0.2) is 30.5 Å². The molecule has 272 valence electrons. The molecule has 54 heavy (non-hydrogen) atoms. The number of rotatable bonds is 5. The Kier molecular flexibility index (Phi) is 9.82. The van der Waals surface area contributed by atoms with Gasteiger partial charge in [0, 0.05) is 11.1 Å². The molecule has 0 bridgehead atoms. The minimum atomic E-state index is -1.37. The molecular formula is C42H31Cl2FN2O5S2. The molecule has 2 amide bonds. The zero-order chi connectivity index (χ0) is 38.5. The van der Waals surface area contributed by atoms with E-state index in [1.807, 2.05) is 37.3 Å². The third-order valence-corrected chi connectivity index (χ3v) is 12.6. The average Bonchev–Trinajstić information content (AvgIpc) is 3.68. The minimum absolute atomic E-state index is 0.263. The van der Waals surface area contributed by atoms with Crippen LogP contribution in [0.25, 0.3) is 22.3 Å². The van der Waals surface area contributed by atoms with Gasteiger partial charge in [-0.15, -0.1) is 22.7 Å². The Hall–Kier alpha value is -5.13. The summed E-state index contributed by atoms with van der Waals surface area (Å²) in [6.45, 7) is 5.22. The lowest BCUT2D eigenvalue weighted by Gasteiger charge is -2.32. The zero-order valence-corrected chi connectivity index (χ0v) is 32.5. The summed E-state index contributed by atoms with van der Waals surface area (Å²) in [5.74, 6) is -1.20. The van der Waals surface area contributed by atoms with Crippen LogP contribution in [0.15, 0.2) is 103 Å². The second kappa shape index (κ2) is 14.3. The molecule has 2 aliphatic rings. The van der Waals surface area contributed by atoms with Crippen LogP contribution in [0.4, 0.5) is 14.4 Å². The van der Waals surface area contributed by atoms with Crippen molar-refractivity contribution in [2.24, 2.45) is 0 Å². The van der Waals surface area contributed by atoms with Gasteiger partial charge in [-0.25, -0.2) is 4.39 Å². The van der Waals surface area contributed by atoms with Crippen LogP contribution >= 0.6 is 45.9 Å². The molecule has 2 atom stereocenters. The van der Waals surface area contributed by atoms with Gasteiger partial charge in [-0.1, -0.05) is 102 Å². The molecule has 0 radical (unpaired) electrons. The van der Waals surface area contributed by atoms with Gasteiger partial charge >= 0.3 is 0 Å². The number of anilines is 2. The Morgan fingerprint density at radius 2 is 1.17 bits per heavy atom. The number of carbonyl (C=O) groups excluding carboxylic acids is 4. The second-order valence-electron chi connectivity index (χ2n) is 13.1. The molecule has 0 saturated heterocycles. The predicted molar refractivity (Wildman–Crippen MR) is 214 cm³/mol. The Morgan fingerprint density at radius 3 is 1.78 bits per heavy atom. The number of hydrogen-bond acceptors (Lipinski definition) is 7. The number of benzene rings is 4. The summed E-state index contributed by atoms with van der Waals surface area (Å²) in [6, 6.07) is 29.6. The number of aryl methyl sites for hydroxylation is 1. The highest BCUT2D eigenvalue weighted by Crippen LogP contribution is 2.51. The number of amides is 2. The average molecular weight is 798 g/mol. The van der Waals surface area contributed by atoms with Crippen LogP contribution < -0.4 is 15.4 Å². The third kappa shape index (κ3) is 6.03. The molecule has 2 unspecified atom stereocenters. The van der Waals surface area contributed by atoms with Gasteiger partial charge < -0.3 is 15.4 Å². The molecule has 12 heteroatoms. The van der Waals surface area contributed by atoms with Crippen molar-refractivity contribution >= 4 is 79.3 Å². The maximum Gasteiger partial charge on any atom is 0.243 e. The maximum absolute atomic E-state index is 13.7. The highest BCUT2D eigenvalue weighted by Gasteiger charge is 2.51. The number of thiophene rings is 2. The number of Topliss-reactive ketones (excluding diaryl/α,β-unsaturated/α-hetero) is 2. The number of hydrogen-bond donors (Lipinski definition) is 2. The van der Waals surface area contributed by atoms with Crippen LogP contribution in [0.2, 0.25) is 8.67 Å². The van der Waals surface area contributed by atoms with Crippen molar-refractivity contribution in [3.05, 3.63) is 145 Å². The largest absolute Gasteiger partial charge is 0.497 e. The van der Waals surface area contributed by atoms with Gasteiger partial charge in [0.1, 0.15) is 41.1 Å². The predicted octanol–water partition coefficient (Wildman–Crippen LogP) is 10.8. The van der Waals surface area contributed by atoms with Crippen molar-refractivity contribution < 1.29 is 28.3 Å². The molecular weight excluding hydrogens is 767 g/mol. The highest BCUT2D eigenvalue weighted by molar-refractivity contribution is 7.21. The number of ether oxygens (including phenoxy) is 1. The van der Waals surface area contributed by atoms with Crippen LogP contribution in [0, 0.1) is 12.7 Å². The summed E-state index contributed by atoms with van der Waals surface area (Å²) < 4.78 is 19.8. The fraction of sp³-hybridized carbons (Fsp3) is 0.143. The van der Waals surface area contributed by atoms with Gasteiger partial charge in [0.05, 0.1) is 18.2 Å². The number of methoxy groups -OCH3 is 1. The van der Waals surface area contributed by atoms with Gasteiger partial charge in [-0.2, -0.15) is 0 Å². The van der Waals surface area contributed by atoms with Crippen LogP contribution in [0.5, 0.6) is 5.75 Å². The van der Waals surface area contributed by atoms with Crippen molar-refractivity contribution in [3.63, 3.8) is 0 Å². The van der Waals surface area contributed by atoms with Crippen molar-refractivity contribution in [2.45, 2.75) is 31.6 Å². The van der Waals surface area contributed by atoms with Crippen molar-refractivity contribution in [2.75, 3.05) is 17.7 Å². The van der Waals surface area contributed by atoms with Gasteiger partial charge in [0.15, 0.2) is 11.6 Å². The lowest BCUT2D eigenvalue weighted by Crippen LogP contribution is -2.48. The molecule has 6 aromatic rings. The monoisotopic (exact) mass is 796 g/mol. The van der Waals surface area contributed by atoms with E-state index in [2.05, 4.69) is 10.6 Å². The summed E-state index contributed by atoms with van der Waals surface area (Å²) in [7, 11) is 1.55. The van der Waals surface area contributed by atoms with Gasteiger partial charge in [-0.3, -0.25) is 19.2 Å². The maximum atomic E-state index is 13.7. The molecule has 8 rings (SSSR count). The van der Waals surface area contributed by atoms with Crippen LogP contribution in [0.3, 0.4) is 0 Å². The molecule has 0 fully saturated rings. The smallest absolute Gasteiger partial charge is 0.243 e. The second-order valence-corrected chi connectivity index (χ2v) is 16.4. The van der Waals surface area contributed by atoms with Gasteiger partial charge in [-0.05, 0) is 72.9 Å².